The highest BCUT2D eigenvalue weighted by atomic mass is 19.1. The Labute approximate surface area is 168 Å². The molecule has 0 radical (unpaired) electrons. The van der Waals surface area contributed by atoms with Crippen LogP contribution < -0.4 is 4.74 Å². The molecule has 7 heteroatoms. The molecule has 29 heavy (non-hydrogen) atoms. The number of carbonyl (C=O) groups excluding carboxylic acids is 1. The Morgan fingerprint density at radius 1 is 1.10 bits per heavy atom. The van der Waals surface area contributed by atoms with E-state index in [2.05, 4.69) is 0 Å². The van der Waals surface area contributed by atoms with Crippen molar-refractivity contribution in [3.05, 3.63) is 59.9 Å². The van der Waals surface area contributed by atoms with Crippen LogP contribution in [0.3, 0.4) is 0 Å². The van der Waals surface area contributed by atoms with Crippen molar-refractivity contribution in [1.29, 1.82) is 0 Å². The number of rotatable bonds is 4. The van der Waals surface area contributed by atoms with Crippen molar-refractivity contribution in [2.45, 2.75) is 44.8 Å². The van der Waals surface area contributed by atoms with Crippen LogP contribution in [0.25, 0.3) is 0 Å². The third-order valence-electron chi connectivity index (χ3n) is 4.61. The van der Waals surface area contributed by atoms with E-state index in [4.69, 9.17) is 9.47 Å². The van der Waals surface area contributed by atoms with Gasteiger partial charge in [-0.3, -0.25) is 4.90 Å². The highest BCUT2D eigenvalue weighted by Gasteiger charge is 2.44. The minimum Gasteiger partial charge on any atom is -0.480 e. The first kappa shape index (κ1) is 20.6. The van der Waals surface area contributed by atoms with Crippen molar-refractivity contribution < 1.29 is 28.6 Å². The van der Waals surface area contributed by atoms with Crippen LogP contribution in [0.4, 0.5) is 9.18 Å². The van der Waals surface area contributed by atoms with Gasteiger partial charge in [0.15, 0.2) is 0 Å². The Kier molecular flexibility index (Phi) is 5.77. The number of nitrogens with zero attached hydrogens (tertiary/aromatic N) is 1. The van der Waals surface area contributed by atoms with Gasteiger partial charge in [-0.25, -0.2) is 14.0 Å². The molecular formula is C22H24FNO5. The number of carboxylic acids is 1. The number of carboxylic acid groups (broad SMARTS) is 1. The predicted octanol–water partition coefficient (Wildman–Crippen LogP) is 4.80. The highest BCUT2D eigenvalue weighted by molar-refractivity contribution is 5.82. The maximum Gasteiger partial charge on any atom is 0.411 e. The Balaban J connectivity index is 1.81. The number of hydrogen-bond acceptors (Lipinski definition) is 4. The van der Waals surface area contributed by atoms with E-state index >= 15 is 0 Å². The van der Waals surface area contributed by atoms with Crippen LogP contribution in [0, 0.1) is 5.82 Å². The Morgan fingerprint density at radius 2 is 1.79 bits per heavy atom. The van der Waals surface area contributed by atoms with Crippen molar-refractivity contribution in [2.75, 3.05) is 6.54 Å². The first-order valence-corrected chi connectivity index (χ1v) is 9.40. The van der Waals surface area contributed by atoms with E-state index < -0.39 is 29.6 Å². The van der Waals surface area contributed by atoms with Crippen LogP contribution >= 0.6 is 0 Å². The second-order valence-corrected chi connectivity index (χ2v) is 7.98. The number of carbonyl (C=O) groups is 2. The number of hydrogen-bond donors (Lipinski definition) is 1. The molecule has 2 atom stereocenters. The van der Waals surface area contributed by atoms with Gasteiger partial charge in [-0.1, -0.05) is 12.1 Å². The van der Waals surface area contributed by atoms with Gasteiger partial charge in [0.25, 0.3) is 0 Å². The Hall–Kier alpha value is -3.09. The lowest BCUT2D eigenvalue weighted by molar-refractivity contribution is -0.142. The van der Waals surface area contributed by atoms with E-state index in [-0.39, 0.29) is 5.82 Å². The molecule has 154 valence electrons. The van der Waals surface area contributed by atoms with Gasteiger partial charge in [-0.2, -0.15) is 0 Å². The fourth-order valence-electron chi connectivity index (χ4n) is 3.42. The Morgan fingerprint density at radius 3 is 2.41 bits per heavy atom. The summed E-state index contributed by atoms with van der Waals surface area (Å²) in [6, 6.07) is 11.7. The second kappa shape index (κ2) is 8.11. The number of benzene rings is 2. The van der Waals surface area contributed by atoms with Gasteiger partial charge in [0, 0.05) is 12.5 Å². The summed E-state index contributed by atoms with van der Waals surface area (Å²) in [7, 11) is 0. The molecule has 0 aromatic heterocycles. The molecule has 0 spiro atoms. The van der Waals surface area contributed by atoms with E-state index in [1.54, 1.807) is 39.0 Å². The van der Waals surface area contributed by atoms with Crippen molar-refractivity contribution >= 4 is 12.1 Å². The summed E-state index contributed by atoms with van der Waals surface area (Å²) in [5.74, 6) is -0.849. The maximum absolute atomic E-state index is 13.1. The number of halogens is 1. The van der Waals surface area contributed by atoms with Gasteiger partial charge in [0.2, 0.25) is 0 Å². The molecule has 0 unspecified atom stereocenters. The molecule has 1 aliphatic heterocycles. The maximum atomic E-state index is 13.1. The van der Waals surface area contributed by atoms with Gasteiger partial charge >= 0.3 is 12.1 Å². The van der Waals surface area contributed by atoms with Crippen molar-refractivity contribution in [1.82, 2.24) is 4.90 Å². The van der Waals surface area contributed by atoms with Crippen molar-refractivity contribution in [3.63, 3.8) is 0 Å². The van der Waals surface area contributed by atoms with Gasteiger partial charge in [-0.05, 0) is 69.2 Å². The predicted molar refractivity (Wildman–Crippen MR) is 105 cm³/mol. The summed E-state index contributed by atoms with van der Waals surface area (Å²) in [6.07, 6.45) is -0.137. The molecule has 0 saturated carbocycles. The van der Waals surface area contributed by atoms with E-state index in [9.17, 15) is 19.1 Å². The van der Waals surface area contributed by atoms with E-state index in [0.29, 0.717) is 24.5 Å². The number of likely N-dealkylation sites (tertiary alicyclic amines) is 1. The first-order chi connectivity index (χ1) is 13.6. The summed E-state index contributed by atoms with van der Waals surface area (Å²) >= 11 is 0. The number of ether oxygens (including phenoxy) is 2. The third-order valence-corrected chi connectivity index (χ3v) is 4.61. The zero-order valence-electron chi connectivity index (χ0n) is 16.6. The largest absolute Gasteiger partial charge is 0.480 e. The topological polar surface area (TPSA) is 76.1 Å². The molecule has 1 aliphatic rings. The molecular weight excluding hydrogens is 377 g/mol. The van der Waals surface area contributed by atoms with Crippen LogP contribution in [-0.4, -0.2) is 40.3 Å². The lowest BCUT2D eigenvalue weighted by Gasteiger charge is -2.28. The van der Waals surface area contributed by atoms with E-state index in [1.165, 1.54) is 29.2 Å². The lowest BCUT2D eigenvalue weighted by atomic mass is 9.91. The van der Waals surface area contributed by atoms with E-state index in [1.807, 2.05) is 6.07 Å². The molecule has 1 saturated heterocycles. The zero-order chi connectivity index (χ0) is 21.2. The minimum absolute atomic E-state index is 0.291. The average Bonchev–Trinajstić information content (AvgIpc) is 3.08. The third kappa shape index (κ3) is 5.04. The van der Waals surface area contributed by atoms with Crippen LogP contribution in [-0.2, 0) is 9.53 Å². The van der Waals surface area contributed by atoms with Gasteiger partial charge < -0.3 is 14.6 Å². The molecule has 1 amide bonds. The molecule has 3 rings (SSSR count). The molecule has 1 heterocycles. The lowest BCUT2D eigenvalue weighted by Crippen LogP contribution is -2.45. The standard InChI is InChI=1S/C22H24FNO5/c1-22(2,3)29-21(27)24-12-11-18(19(24)20(25)26)14-5-4-6-17(13-14)28-16-9-7-15(23)8-10-16/h4-10,13,18-19H,11-12H2,1-3H3,(H,25,26)/t18-,19+/m0/s1. The molecule has 2 aromatic carbocycles. The van der Waals surface area contributed by atoms with Crippen molar-refractivity contribution in [3.8, 4) is 11.5 Å². The van der Waals surface area contributed by atoms with Crippen molar-refractivity contribution in [2.24, 2.45) is 0 Å². The molecule has 2 aromatic rings. The highest BCUT2D eigenvalue weighted by Crippen LogP contribution is 2.36. The van der Waals surface area contributed by atoms with E-state index in [0.717, 1.165) is 5.56 Å². The molecule has 1 fully saturated rings. The quantitative estimate of drug-likeness (QED) is 0.797. The SMILES string of the molecule is CC(C)(C)OC(=O)N1CC[C@@H](c2cccc(Oc3ccc(F)cc3)c2)[C@@H]1C(=O)O. The minimum atomic E-state index is -1.08. The average molecular weight is 401 g/mol. The fourth-order valence-corrected chi connectivity index (χ4v) is 3.42. The molecule has 1 N–H and O–H groups in total. The summed E-state index contributed by atoms with van der Waals surface area (Å²) < 4.78 is 24.2. The number of aliphatic carboxylic acids is 1. The van der Waals surface area contributed by atoms with Crippen LogP contribution in [0.5, 0.6) is 11.5 Å². The first-order valence-electron chi connectivity index (χ1n) is 9.40. The molecule has 6 nitrogen and oxygen atoms in total. The summed E-state index contributed by atoms with van der Waals surface area (Å²) in [6.45, 7) is 5.51. The van der Waals surface area contributed by atoms with Crippen LogP contribution in [0.1, 0.15) is 38.7 Å². The monoisotopic (exact) mass is 401 g/mol. The summed E-state index contributed by atoms with van der Waals surface area (Å²) in [5.41, 5.74) is 0.0456. The smallest absolute Gasteiger partial charge is 0.411 e. The number of amides is 1. The van der Waals surface area contributed by atoms with Gasteiger partial charge in [0.1, 0.15) is 29.0 Å². The van der Waals surface area contributed by atoms with Gasteiger partial charge in [-0.15, -0.1) is 0 Å². The molecule has 0 aliphatic carbocycles. The Bertz CT molecular complexity index is 891. The normalized spacial score (nSPS) is 19.1. The fraction of sp³-hybridized carbons (Fsp3) is 0.364. The zero-order valence-corrected chi connectivity index (χ0v) is 16.6. The second-order valence-electron chi connectivity index (χ2n) is 7.98. The summed E-state index contributed by atoms with van der Waals surface area (Å²) in [5, 5.41) is 9.78. The van der Waals surface area contributed by atoms with Crippen LogP contribution in [0.15, 0.2) is 48.5 Å². The molecule has 0 bridgehead atoms. The summed E-state index contributed by atoms with van der Waals surface area (Å²) in [4.78, 5) is 25.7. The van der Waals surface area contributed by atoms with Gasteiger partial charge in [0.05, 0.1) is 0 Å². The van der Waals surface area contributed by atoms with Crippen LogP contribution in [0.2, 0.25) is 0 Å².